The molecule has 4 aliphatic rings. The number of carbonyl (C=O) groups is 1. The summed E-state index contributed by atoms with van der Waals surface area (Å²) in [6, 6.07) is 1.86. The van der Waals surface area contributed by atoms with Crippen LogP contribution in [0.15, 0.2) is 12.4 Å². The molecule has 0 unspecified atom stereocenters. The number of aromatic nitrogens is 2. The van der Waals surface area contributed by atoms with Crippen LogP contribution in [0.25, 0.3) is 0 Å². The van der Waals surface area contributed by atoms with Gasteiger partial charge in [-0.3, -0.25) is 9.18 Å². The molecule has 1 N–H and O–H groups in total. The molecule has 0 radical (unpaired) electrons. The van der Waals surface area contributed by atoms with Gasteiger partial charge in [0.15, 0.2) is 11.5 Å². The average molecular weight is 470 g/mol. The van der Waals surface area contributed by atoms with Crippen molar-refractivity contribution in [2.24, 2.45) is 46.8 Å². The van der Waals surface area contributed by atoms with Crippen LogP contribution in [-0.2, 0) is 4.79 Å². The van der Waals surface area contributed by atoms with Crippen LogP contribution in [0.3, 0.4) is 0 Å². The molecule has 0 bridgehead atoms. The maximum Gasteiger partial charge on any atom is 0.232 e. The number of halogens is 1. The van der Waals surface area contributed by atoms with E-state index in [0.29, 0.717) is 35.8 Å². The highest BCUT2D eigenvalue weighted by molar-refractivity contribution is 5.83. The minimum Gasteiger partial charge on any atom is -0.483 e. The SMILES string of the molecule is C[C@@]1(O)CC[C@H]2[C@H](CC[C@@H]3[C@@H]2CC[C@@]2(C)[C@H]3[C@H](CF)C[C@@H]2C(=O)COc2cnc(C#N)nc2)C1. The Hall–Kier alpha value is -2.07. The summed E-state index contributed by atoms with van der Waals surface area (Å²) >= 11 is 0. The highest BCUT2D eigenvalue weighted by atomic mass is 19.1. The number of alkyl halides is 1. The summed E-state index contributed by atoms with van der Waals surface area (Å²) < 4.78 is 20.0. The lowest BCUT2D eigenvalue weighted by Gasteiger charge is -2.57. The maximum absolute atomic E-state index is 14.4. The lowest BCUT2D eigenvalue weighted by molar-refractivity contribution is -0.135. The minimum atomic E-state index is -0.538. The second-order valence-corrected chi connectivity index (χ2v) is 12.0. The Bertz CT molecular complexity index is 961. The van der Waals surface area contributed by atoms with Gasteiger partial charge in [0.05, 0.1) is 24.7 Å². The first-order valence-electron chi connectivity index (χ1n) is 12.9. The second kappa shape index (κ2) is 8.86. The van der Waals surface area contributed by atoms with E-state index in [1.165, 1.54) is 12.4 Å². The fourth-order valence-corrected chi connectivity index (χ4v) is 8.73. The molecule has 0 aromatic carbocycles. The zero-order valence-electron chi connectivity index (χ0n) is 20.3. The van der Waals surface area contributed by atoms with Crippen LogP contribution < -0.4 is 4.74 Å². The van der Waals surface area contributed by atoms with E-state index in [0.717, 1.165) is 44.9 Å². The van der Waals surface area contributed by atoms with E-state index in [-0.39, 0.29) is 48.1 Å². The van der Waals surface area contributed by atoms with Crippen LogP contribution in [-0.4, -0.2) is 39.7 Å². The third-order valence-electron chi connectivity index (χ3n) is 10.1. The zero-order valence-corrected chi connectivity index (χ0v) is 20.3. The summed E-state index contributed by atoms with van der Waals surface area (Å²) in [6.45, 7) is 3.77. The summed E-state index contributed by atoms with van der Waals surface area (Å²) in [4.78, 5) is 21.1. The van der Waals surface area contributed by atoms with Gasteiger partial charge in [-0.25, -0.2) is 9.97 Å². The van der Waals surface area contributed by atoms with Gasteiger partial charge in [0.25, 0.3) is 0 Å². The number of fused-ring (bicyclic) bond motifs is 5. The molecular formula is C27H36FN3O3. The molecule has 1 aromatic heterocycles. The van der Waals surface area contributed by atoms with E-state index < -0.39 is 5.60 Å². The number of ether oxygens (including phenoxy) is 1. The van der Waals surface area contributed by atoms with Crippen molar-refractivity contribution < 1.29 is 19.0 Å². The normalized spacial score (nSPS) is 43.2. The average Bonchev–Trinajstić information content (AvgIpc) is 3.14. The number of ketones is 1. The summed E-state index contributed by atoms with van der Waals surface area (Å²) in [5, 5.41) is 19.4. The molecule has 0 amide bonds. The number of nitrogens with zero attached hydrogens (tertiary/aromatic N) is 3. The number of Topliss-reactive ketones (excluding diaryl/α,β-unsaturated/α-hetero) is 1. The van der Waals surface area contributed by atoms with Crippen LogP contribution >= 0.6 is 0 Å². The Balaban J connectivity index is 1.30. The first kappa shape index (κ1) is 23.7. The van der Waals surface area contributed by atoms with Gasteiger partial charge in [-0.1, -0.05) is 6.92 Å². The minimum absolute atomic E-state index is 0.0358. The van der Waals surface area contributed by atoms with Crippen molar-refractivity contribution in [1.29, 1.82) is 5.26 Å². The van der Waals surface area contributed by atoms with Crippen LogP contribution in [0.4, 0.5) is 4.39 Å². The molecule has 4 saturated carbocycles. The fourth-order valence-electron chi connectivity index (χ4n) is 8.73. The van der Waals surface area contributed by atoms with Crippen molar-refractivity contribution in [2.75, 3.05) is 13.3 Å². The number of carbonyl (C=O) groups excluding carboxylic acids is 1. The number of rotatable bonds is 5. The molecule has 34 heavy (non-hydrogen) atoms. The summed E-state index contributed by atoms with van der Waals surface area (Å²) in [5.41, 5.74) is -0.726. The van der Waals surface area contributed by atoms with Crippen LogP contribution in [0.2, 0.25) is 0 Å². The standard InChI is InChI=1S/C27H36FN3O3/c1-26(33)7-5-19-16(10-26)3-4-21-20(19)6-8-27(2)22(9-17(11-28)25(21)27)23(32)15-34-18-13-30-24(12-29)31-14-18/h13-14,16-17,19-22,25,33H,3-11,15H2,1-2H3/t16-,17+,19+,20-,21-,22-,25+,26-,27-/m1/s1. The van der Waals surface area contributed by atoms with E-state index >= 15 is 0 Å². The summed E-state index contributed by atoms with van der Waals surface area (Å²) in [5.74, 6) is 2.75. The zero-order chi connectivity index (χ0) is 24.1. The van der Waals surface area contributed by atoms with Gasteiger partial charge in [-0.2, -0.15) is 5.26 Å². The van der Waals surface area contributed by atoms with Crippen molar-refractivity contribution in [3.8, 4) is 11.8 Å². The van der Waals surface area contributed by atoms with E-state index in [1.807, 2.05) is 13.0 Å². The smallest absolute Gasteiger partial charge is 0.232 e. The quantitative estimate of drug-likeness (QED) is 0.682. The van der Waals surface area contributed by atoms with Gasteiger partial charge in [0, 0.05) is 5.92 Å². The third kappa shape index (κ3) is 4.02. The van der Waals surface area contributed by atoms with E-state index in [9.17, 15) is 14.3 Å². The van der Waals surface area contributed by atoms with E-state index in [4.69, 9.17) is 10.00 Å². The highest BCUT2D eigenvalue weighted by Gasteiger charge is 2.62. The Labute approximate surface area is 201 Å². The number of nitriles is 1. The lowest BCUT2D eigenvalue weighted by Crippen LogP contribution is -2.52. The van der Waals surface area contributed by atoms with Gasteiger partial charge < -0.3 is 9.84 Å². The second-order valence-electron chi connectivity index (χ2n) is 12.0. The molecule has 4 aliphatic carbocycles. The van der Waals surface area contributed by atoms with E-state index in [2.05, 4.69) is 16.9 Å². The molecule has 7 heteroatoms. The van der Waals surface area contributed by atoms with Crippen LogP contribution in [0.1, 0.15) is 71.0 Å². The number of hydrogen-bond acceptors (Lipinski definition) is 6. The predicted molar refractivity (Wildman–Crippen MR) is 123 cm³/mol. The molecule has 0 saturated heterocycles. The molecule has 184 valence electrons. The van der Waals surface area contributed by atoms with Gasteiger partial charge in [0.1, 0.15) is 12.7 Å². The Morgan fingerprint density at radius 3 is 2.62 bits per heavy atom. The molecule has 4 fully saturated rings. The first-order valence-corrected chi connectivity index (χ1v) is 12.9. The monoisotopic (exact) mass is 469 g/mol. The molecular weight excluding hydrogens is 433 g/mol. The molecule has 1 aromatic rings. The van der Waals surface area contributed by atoms with Crippen molar-refractivity contribution in [3.63, 3.8) is 0 Å². The number of aliphatic hydroxyl groups is 1. The largest absolute Gasteiger partial charge is 0.483 e. The van der Waals surface area contributed by atoms with Crippen LogP contribution in [0, 0.1) is 58.2 Å². The molecule has 1 heterocycles. The van der Waals surface area contributed by atoms with Gasteiger partial charge in [0.2, 0.25) is 5.82 Å². The summed E-state index contributed by atoms with van der Waals surface area (Å²) in [6.07, 6.45) is 10.5. The lowest BCUT2D eigenvalue weighted by atomic mass is 9.48. The van der Waals surface area contributed by atoms with Gasteiger partial charge in [-0.05, 0) is 99.2 Å². The molecule has 9 atom stereocenters. The highest BCUT2D eigenvalue weighted by Crippen LogP contribution is 2.66. The first-order chi connectivity index (χ1) is 16.3. The van der Waals surface area contributed by atoms with Crippen molar-refractivity contribution in [1.82, 2.24) is 9.97 Å². The van der Waals surface area contributed by atoms with Crippen molar-refractivity contribution in [3.05, 3.63) is 18.2 Å². The van der Waals surface area contributed by atoms with Crippen molar-refractivity contribution >= 4 is 5.78 Å². The molecule has 0 spiro atoms. The van der Waals surface area contributed by atoms with E-state index in [1.54, 1.807) is 0 Å². The molecule has 0 aliphatic heterocycles. The Morgan fingerprint density at radius 1 is 1.18 bits per heavy atom. The Kier molecular flexibility index (Phi) is 6.16. The Morgan fingerprint density at radius 2 is 1.91 bits per heavy atom. The van der Waals surface area contributed by atoms with Crippen LogP contribution in [0.5, 0.6) is 5.75 Å². The topological polar surface area (TPSA) is 96.1 Å². The van der Waals surface area contributed by atoms with Gasteiger partial charge >= 0.3 is 0 Å². The van der Waals surface area contributed by atoms with Gasteiger partial charge in [-0.15, -0.1) is 0 Å². The molecule has 6 nitrogen and oxygen atoms in total. The maximum atomic E-state index is 14.4. The fraction of sp³-hybridized carbons (Fsp3) is 0.778. The molecule has 5 rings (SSSR count). The van der Waals surface area contributed by atoms with Crippen molar-refractivity contribution in [2.45, 2.75) is 70.8 Å². The third-order valence-corrected chi connectivity index (χ3v) is 10.1. The predicted octanol–water partition coefficient (Wildman–Crippen LogP) is 4.51. The number of hydrogen-bond donors (Lipinski definition) is 1. The summed E-state index contributed by atoms with van der Waals surface area (Å²) in [7, 11) is 0.